The van der Waals surface area contributed by atoms with Gasteiger partial charge in [0, 0.05) is 0 Å². The maximum atomic E-state index is 11.1. The highest BCUT2D eigenvalue weighted by Gasteiger charge is 2.14. The standard InChI is InChI=1S/C9H20O2P/c1-3-5-7-9-12(10)11-8-6-4-2/h3-9H2,1-2H3/q+1. The molecular weight excluding hydrogens is 171 g/mol. The molecule has 1 unspecified atom stereocenters. The SMILES string of the molecule is CCCCC[P+](=O)OCCCC. The minimum atomic E-state index is -1.35. The maximum Gasteiger partial charge on any atom is 0.508 e. The van der Waals surface area contributed by atoms with Crippen molar-refractivity contribution in [2.24, 2.45) is 0 Å². The number of hydrogen-bond acceptors (Lipinski definition) is 2. The van der Waals surface area contributed by atoms with Crippen LogP contribution in [-0.4, -0.2) is 12.8 Å². The average molecular weight is 191 g/mol. The van der Waals surface area contributed by atoms with E-state index < -0.39 is 8.03 Å². The lowest BCUT2D eigenvalue weighted by atomic mass is 10.3. The monoisotopic (exact) mass is 191 g/mol. The fourth-order valence-electron chi connectivity index (χ4n) is 0.866. The van der Waals surface area contributed by atoms with E-state index in [1.165, 1.54) is 6.42 Å². The Hall–Kier alpha value is 0.0600. The first kappa shape index (κ1) is 12.1. The van der Waals surface area contributed by atoms with Crippen LogP contribution in [0.1, 0.15) is 46.0 Å². The average Bonchev–Trinajstić information content (AvgIpc) is 2.06. The summed E-state index contributed by atoms with van der Waals surface area (Å²) in [6.45, 7) is 4.91. The third kappa shape index (κ3) is 8.16. The fourth-order valence-corrected chi connectivity index (χ4v) is 1.81. The zero-order valence-electron chi connectivity index (χ0n) is 8.21. The summed E-state index contributed by atoms with van der Waals surface area (Å²) in [5, 5.41) is 0. The molecule has 0 spiro atoms. The molecule has 0 aliphatic rings. The Morgan fingerprint density at radius 1 is 1.08 bits per heavy atom. The van der Waals surface area contributed by atoms with Crippen molar-refractivity contribution in [3.05, 3.63) is 0 Å². The van der Waals surface area contributed by atoms with Crippen molar-refractivity contribution in [3.8, 4) is 0 Å². The van der Waals surface area contributed by atoms with Crippen molar-refractivity contribution in [2.75, 3.05) is 12.8 Å². The fraction of sp³-hybridized carbons (Fsp3) is 1.00. The van der Waals surface area contributed by atoms with Crippen LogP contribution in [0.3, 0.4) is 0 Å². The van der Waals surface area contributed by atoms with Gasteiger partial charge in [-0.05, 0) is 23.8 Å². The first-order valence-corrected chi connectivity index (χ1v) is 6.25. The minimum Gasteiger partial charge on any atom is -0.146 e. The molecule has 1 atom stereocenters. The summed E-state index contributed by atoms with van der Waals surface area (Å²) < 4.78 is 16.3. The van der Waals surface area contributed by atoms with Crippen molar-refractivity contribution in [1.29, 1.82) is 0 Å². The summed E-state index contributed by atoms with van der Waals surface area (Å²) in [7, 11) is -1.35. The molecule has 0 amide bonds. The third-order valence-corrected chi connectivity index (χ3v) is 2.83. The van der Waals surface area contributed by atoms with E-state index in [4.69, 9.17) is 4.52 Å². The molecule has 0 aliphatic carbocycles. The Morgan fingerprint density at radius 2 is 1.75 bits per heavy atom. The summed E-state index contributed by atoms with van der Waals surface area (Å²) in [5.41, 5.74) is 0. The zero-order chi connectivity index (χ0) is 9.23. The van der Waals surface area contributed by atoms with Crippen molar-refractivity contribution in [2.45, 2.75) is 46.0 Å². The van der Waals surface area contributed by atoms with Crippen molar-refractivity contribution in [3.63, 3.8) is 0 Å². The second kappa shape index (κ2) is 9.15. The van der Waals surface area contributed by atoms with Crippen LogP contribution < -0.4 is 0 Å². The van der Waals surface area contributed by atoms with Crippen LogP contribution in [0.5, 0.6) is 0 Å². The Morgan fingerprint density at radius 3 is 2.33 bits per heavy atom. The van der Waals surface area contributed by atoms with Crippen LogP contribution in [0.2, 0.25) is 0 Å². The highest BCUT2D eigenvalue weighted by Crippen LogP contribution is 2.24. The van der Waals surface area contributed by atoms with Crippen molar-refractivity contribution < 1.29 is 9.09 Å². The molecule has 0 aromatic rings. The van der Waals surface area contributed by atoms with Gasteiger partial charge in [0.2, 0.25) is 0 Å². The molecule has 0 saturated carbocycles. The molecule has 2 nitrogen and oxygen atoms in total. The van der Waals surface area contributed by atoms with E-state index in [9.17, 15) is 4.57 Å². The van der Waals surface area contributed by atoms with Gasteiger partial charge in [-0.3, -0.25) is 0 Å². The largest absolute Gasteiger partial charge is 0.508 e. The Bertz CT molecular complexity index is 103. The lowest BCUT2D eigenvalue weighted by molar-refractivity contribution is 0.320. The molecule has 0 aliphatic heterocycles. The topological polar surface area (TPSA) is 26.3 Å². The van der Waals surface area contributed by atoms with Gasteiger partial charge < -0.3 is 0 Å². The predicted molar refractivity (Wildman–Crippen MR) is 52.9 cm³/mol. The molecular formula is C9H20O2P+. The van der Waals surface area contributed by atoms with Gasteiger partial charge in [-0.2, -0.15) is 0 Å². The van der Waals surface area contributed by atoms with Crippen LogP contribution in [-0.2, 0) is 9.09 Å². The lowest BCUT2D eigenvalue weighted by Gasteiger charge is -1.90. The normalized spacial score (nSPS) is 11.7. The van der Waals surface area contributed by atoms with Crippen molar-refractivity contribution >= 4 is 8.03 Å². The molecule has 0 heterocycles. The zero-order valence-corrected chi connectivity index (χ0v) is 9.11. The molecule has 12 heavy (non-hydrogen) atoms. The second-order valence-corrected chi connectivity index (χ2v) is 4.32. The van der Waals surface area contributed by atoms with E-state index in [0.29, 0.717) is 6.61 Å². The van der Waals surface area contributed by atoms with Gasteiger partial charge in [0.15, 0.2) is 6.16 Å². The Balaban J connectivity index is 3.10. The second-order valence-electron chi connectivity index (χ2n) is 2.95. The van der Waals surface area contributed by atoms with Gasteiger partial charge in [-0.15, -0.1) is 4.52 Å². The highest BCUT2D eigenvalue weighted by molar-refractivity contribution is 7.39. The van der Waals surface area contributed by atoms with E-state index in [-0.39, 0.29) is 0 Å². The van der Waals surface area contributed by atoms with Gasteiger partial charge in [0.05, 0.1) is 0 Å². The van der Waals surface area contributed by atoms with E-state index in [1.54, 1.807) is 0 Å². The molecule has 72 valence electrons. The molecule has 0 aromatic carbocycles. The predicted octanol–water partition coefficient (Wildman–Crippen LogP) is 3.74. The number of hydrogen-bond donors (Lipinski definition) is 0. The van der Waals surface area contributed by atoms with E-state index >= 15 is 0 Å². The third-order valence-electron chi connectivity index (χ3n) is 1.68. The quantitative estimate of drug-likeness (QED) is 0.431. The van der Waals surface area contributed by atoms with Gasteiger partial charge in [-0.1, -0.05) is 26.7 Å². The summed E-state index contributed by atoms with van der Waals surface area (Å²) in [4.78, 5) is 0. The molecule has 0 aromatic heterocycles. The van der Waals surface area contributed by atoms with Crippen LogP contribution in [0, 0.1) is 0 Å². The summed E-state index contributed by atoms with van der Waals surface area (Å²) in [5.74, 6) is 0. The molecule has 0 fully saturated rings. The number of rotatable bonds is 8. The molecule has 0 saturated heterocycles. The molecule has 3 heteroatoms. The van der Waals surface area contributed by atoms with Crippen LogP contribution in [0.4, 0.5) is 0 Å². The Kier molecular flexibility index (Phi) is 9.20. The molecule has 0 radical (unpaired) electrons. The van der Waals surface area contributed by atoms with E-state index in [0.717, 1.165) is 31.8 Å². The molecule has 0 rings (SSSR count). The maximum absolute atomic E-state index is 11.1. The van der Waals surface area contributed by atoms with Crippen LogP contribution in [0.15, 0.2) is 0 Å². The molecule has 0 bridgehead atoms. The van der Waals surface area contributed by atoms with E-state index in [2.05, 4.69) is 13.8 Å². The minimum absolute atomic E-state index is 0.665. The lowest BCUT2D eigenvalue weighted by Crippen LogP contribution is -1.88. The Labute approximate surface area is 76.6 Å². The van der Waals surface area contributed by atoms with Gasteiger partial charge in [-0.25, -0.2) is 0 Å². The smallest absolute Gasteiger partial charge is 0.146 e. The first-order valence-electron chi connectivity index (χ1n) is 4.88. The van der Waals surface area contributed by atoms with Gasteiger partial charge in [0.1, 0.15) is 6.61 Å². The van der Waals surface area contributed by atoms with Gasteiger partial charge >= 0.3 is 8.03 Å². The van der Waals surface area contributed by atoms with Gasteiger partial charge in [0.25, 0.3) is 0 Å². The first-order chi connectivity index (χ1) is 5.81. The highest BCUT2D eigenvalue weighted by atomic mass is 31.1. The van der Waals surface area contributed by atoms with Crippen molar-refractivity contribution in [1.82, 2.24) is 0 Å². The molecule has 0 N–H and O–H groups in total. The van der Waals surface area contributed by atoms with Crippen LogP contribution in [0.25, 0.3) is 0 Å². The number of unbranched alkanes of at least 4 members (excludes halogenated alkanes) is 3. The van der Waals surface area contributed by atoms with E-state index in [1.807, 2.05) is 0 Å². The van der Waals surface area contributed by atoms with Crippen LogP contribution >= 0.6 is 8.03 Å². The summed E-state index contributed by atoms with van der Waals surface area (Å²) in [6, 6.07) is 0. The summed E-state index contributed by atoms with van der Waals surface area (Å²) >= 11 is 0. The summed E-state index contributed by atoms with van der Waals surface area (Å²) in [6.07, 6.45) is 6.26.